The van der Waals surface area contributed by atoms with Crippen molar-refractivity contribution in [2.45, 2.75) is 28.8 Å². The van der Waals surface area contributed by atoms with Crippen LogP contribution in [-0.4, -0.2) is 84.9 Å². The fourth-order valence-electron chi connectivity index (χ4n) is 4.00. The number of nitrogens with one attached hydrogen (secondary N) is 2. The maximum Gasteiger partial charge on any atom is 0.352 e. The molecule has 3 aliphatic rings. The molecule has 5 N–H and O–H groups in total. The van der Waals surface area contributed by atoms with Crippen LogP contribution in [0.3, 0.4) is 0 Å². The normalized spacial score (nSPS) is 23.0. The molecular formula is C22H21N7O6S3. The molecule has 0 saturated carbocycles. The SMILES string of the molecule is Nc1nc(/C(=N/O[C@H]2CCNC2=O)C(=O)N[C@@H]2C(=O)N3C(C(=O)O)=C(CSc4ccncc4)CS[C@H]23)cs1. The predicted octanol–water partition coefficient (Wildman–Crippen LogP) is 0.260. The van der Waals surface area contributed by atoms with Crippen molar-refractivity contribution in [3.8, 4) is 0 Å². The first-order valence-corrected chi connectivity index (χ1v) is 14.2. The highest BCUT2D eigenvalue weighted by Gasteiger charge is 2.54. The molecule has 0 bridgehead atoms. The molecule has 2 aromatic heterocycles. The maximum atomic E-state index is 13.2. The second-order valence-electron chi connectivity index (χ2n) is 8.27. The largest absolute Gasteiger partial charge is 0.477 e. The Morgan fingerprint density at radius 1 is 1.34 bits per heavy atom. The number of carbonyl (C=O) groups excluding carboxylic acids is 3. The molecule has 3 aliphatic heterocycles. The number of amides is 3. The highest BCUT2D eigenvalue weighted by molar-refractivity contribution is 8.01. The van der Waals surface area contributed by atoms with Gasteiger partial charge in [-0.25, -0.2) is 9.78 Å². The Kier molecular flexibility index (Phi) is 7.53. The van der Waals surface area contributed by atoms with E-state index < -0.39 is 35.3 Å². The van der Waals surface area contributed by atoms with Crippen LogP contribution in [-0.2, 0) is 24.0 Å². The molecule has 198 valence electrons. The van der Waals surface area contributed by atoms with Gasteiger partial charge in [0.15, 0.2) is 10.8 Å². The van der Waals surface area contributed by atoms with Crippen LogP contribution in [0.1, 0.15) is 12.1 Å². The summed E-state index contributed by atoms with van der Waals surface area (Å²) in [4.78, 5) is 65.7. The van der Waals surface area contributed by atoms with E-state index in [1.807, 2.05) is 12.1 Å². The highest BCUT2D eigenvalue weighted by Crippen LogP contribution is 2.41. The smallest absolute Gasteiger partial charge is 0.352 e. The summed E-state index contributed by atoms with van der Waals surface area (Å²) in [5.41, 5.74) is 6.14. The lowest BCUT2D eigenvalue weighted by Gasteiger charge is -2.49. The lowest BCUT2D eigenvalue weighted by atomic mass is 10.0. The van der Waals surface area contributed by atoms with E-state index in [-0.39, 0.29) is 28.1 Å². The summed E-state index contributed by atoms with van der Waals surface area (Å²) in [6.07, 6.45) is 2.84. The number of hydrogen-bond donors (Lipinski definition) is 4. The van der Waals surface area contributed by atoms with E-state index in [9.17, 15) is 24.3 Å². The Balaban J connectivity index is 1.31. The van der Waals surface area contributed by atoms with Crippen LogP contribution in [0.15, 0.2) is 51.2 Å². The molecule has 0 aliphatic carbocycles. The fraction of sp³-hybridized carbons (Fsp3) is 0.318. The van der Waals surface area contributed by atoms with E-state index >= 15 is 0 Å². The third-order valence-corrected chi connectivity index (χ3v) is 8.96. The third-order valence-electron chi connectivity index (χ3n) is 5.85. The molecule has 3 atom stereocenters. The summed E-state index contributed by atoms with van der Waals surface area (Å²) < 4.78 is 0. The number of pyridine rings is 1. The van der Waals surface area contributed by atoms with E-state index in [1.54, 1.807) is 12.4 Å². The van der Waals surface area contributed by atoms with E-state index in [1.165, 1.54) is 33.8 Å². The molecule has 0 radical (unpaired) electrons. The number of hydrogen-bond acceptors (Lipinski definition) is 12. The van der Waals surface area contributed by atoms with Crippen LogP contribution in [0.25, 0.3) is 0 Å². The summed E-state index contributed by atoms with van der Waals surface area (Å²) in [6, 6.07) is 2.66. The predicted molar refractivity (Wildman–Crippen MR) is 140 cm³/mol. The van der Waals surface area contributed by atoms with E-state index in [0.29, 0.717) is 30.0 Å². The van der Waals surface area contributed by atoms with Gasteiger partial charge in [-0.15, -0.1) is 34.9 Å². The van der Waals surface area contributed by atoms with Crippen LogP contribution in [0.4, 0.5) is 5.13 Å². The topological polar surface area (TPSA) is 189 Å². The number of carboxylic acids is 1. The molecule has 16 heteroatoms. The molecule has 2 aromatic rings. The number of oxime groups is 1. The molecule has 13 nitrogen and oxygen atoms in total. The number of thioether (sulfide) groups is 2. The Labute approximate surface area is 228 Å². The van der Waals surface area contributed by atoms with Crippen molar-refractivity contribution in [2.24, 2.45) is 5.16 Å². The zero-order valence-corrected chi connectivity index (χ0v) is 22.0. The summed E-state index contributed by atoms with van der Waals surface area (Å²) in [7, 11) is 0. The number of aromatic nitrogens is 2. The number of β-lactam (4-membered cyclic amide) rings is 1. The molecule has 2 fully saturated rings. The Morgan fingerprint density at radius 2 is 2.13 bits per heavy atom. The first-order valence-electron chi connectivity index (χ1n) is 11.3. The molecule has 0 spiro atoms. The number of nitrogens with two attached hydrogens (primary N) is 1. The van der Waals surface area contributed by atoms with Gasteiger partial charge in [-0.05, 0) is 17.7 Å². The number of aliphatic carboxylic acids is 1. The number of carboxylic acid groups (broad SMARTS) is 1. The molecular weight excluding hydrogens is 554 g/mol. The second-order valence-corrected chi connectivity index (χ2v) is 11.3. The van der Waals surface area contributed by atoms with Gasteiger partial charge in [0.2, 0.25) is 6.10 Å². The number of nitrogen functional groups attached to an aromatic ring is 1. The van der Waals surface area contributed by atoms with Gasteiger partial charge in [-0.2, -0.15) is 0 Å². The maximum absolute atomic E-state index is 13.2. The van der Waals surface area contributed by atoms with Gasteiger partial charge >= 0.3 is 5.97 Å². The number of fused-ring (bicyclic) bond motifs is 1. The lowest BCUT2D eigenvalue weighted by molar-refractivity contribution is -0.150. The monoisotopic (exact) mass is 575 g/mol. The van der Waals surface area contributed by atoms with Gasteiger partial charge in [-0.1, -0.05) is 5.16 Å². The molecule has 2 saturated heterocycles. The summed E-state index contributed by atoms with van der Waals surface area (Å²) in [5.74, 6) is -2.09. The van der Waals surface area contributed by atoms with Gasteiger partial charge in [0.1, 0.15) is 22.8 Å². The molecule has 38 heavy (non-hydrogen) atoms. The number of anilines is 1. The summed E-state index contributed by atoms with van der Waals surface area (Å²) >= 11 is 3.90. The van der Waals surface area contributed by atoms with Gasteiger partial charge in [-0.3, -0.25) is 24.3 Å². The Bertz CT molecular complexity index is 1350. The first kappa shape index (κ1) is 26.0. The van der Waals surface area contributed by atoms with Crippen molar-refractivity contribution in [3.05, 3.63) is 46.9 Å². The zero-order chi connectivity index (χ0) is 26.8. The van der Waals surface area contributed by atoms with Gasteiger partial charge in [0.05, 0.1) is 0 Å². The van der Waals surface area contributed by atoms with Crippen molar-refractivity contribution in [1.29, 1.82) is 0 Å². The molecule has 3 amide bonds. The number of nitrogens with zero attached hydrogens (tertiary/aromatic N) is 4. The first-order chi connectivity index (χ1) is 18.3. The van der Waals surface area contributed by atoms with E-state index in [2.05, 4.69) is 25.8 Å². The van der Waals surface area contributed by atoms with Crippen LogP contribution < -0.4 is 16.4 Å². The van der Waals surface area contributed by atoms with Crippen molar-refractivity contribution >= 4 is 69.4 Å². The standard InChI is InChI=1S/C22H21N7O6S3/c23-22-26-12(9-38-22)14(28-35-13-3-6-25-17(13)30)18(31)27-15-19(32)29-16(21(33)34)10(8-37-20(15)29)7-36-11-1-4-24-5-2-11/h1-2,4-5,9,13,15,20H,3,6-8H2,(H2,23,26)(H,25,30)(H,27,31)(H,33,34)/b28-14-/t13-,15+,20+/m0/s1. The molecule has 5 heterocycles. The number of thiazole rings is 1. The highest BCUT2D eigenvalue weighted by atomic mass is 32.2. The minimum atomic E-state index is -1.21. The molecule has 5 rings (SSSR count). The van der Waals surface area contributed by atoms with Crippen LogP contribution >= 0.6 is 34.9 Å². The van der Waals surface area contributed by atoms with Crippen molar-refractivity contribution < 1.29 is 29.1 Å². The van der Waals surface area contributed by atoms with Gasteiger partial charge < -0.3 is 26.3 Å². The quantitative estimate of drug-likeness (QED) is 0.139. The van der Waals surface area contributed by atoms with E-state index in [0.717, 1.165) is 16.2 Å². The second kappa shape index (κ2) is 11.0. The minimum Gasteiger partial charge on any atom is -0.477 e. The fourth-order valence-corrected chi connectivity index (χ4v) is 6.91. The Morgan fingerprint density at radius 3 is 2.79 bits per heavy atom. The van der Waals surface area contributed by atoms with Crippen LogP contribution in [0.5, 0.6) is 0 Å². The summed E-state index contributed by atoms with van der Waals surface area (Å²) in [6.45, 7) is 0.429. The van der Waals surface area contributed by atoms with Gasteiger partial charge in [0.25, 0.3) is 17.7 Å². The van der Waals surface area contributed by atoms with E-state index in [4.69, 9.17) is 10.6 Å². The van der Waals surface area contributed by atoms with Crippen LogP contribution in [0, 0.1) is 0 Å². The lowest BCUT2D eigenvalue weighted by Crippen LogP contribution is -2.71. The number of rotatable bonds is 9. The van der Waals surface area contributed by atoms with Crippen molar-refractivity contribution in [3.63, 3.8) is 0 Å². The Hall–Kier alpha value is -3.63. The van der Waals surface area contributed by atoms with Crippen molar-refractivity contribution in [2.75, 3.05) is 23.8 Å². The number of carbonyl (C=O) groups is 4. The molecule has 0 aromatic carbocycles. The average molecular weight is 576 g/mol. The molecule has 0 unspecified atom stereocenters. The summed E-state index contributed by atoms with van der Waals surface area (Å²) in [5, 5.41) is 20.1. The third kappa shape index (κ3) is 5.19. The van der Waals surface area contributed by atoms with Crippen LogP contribution in [0.2, 0.25) is 0 Å². The van der Waals surface area contributed by atoms with Gasteiger partial charge in [0, 0.05) is 47.1 Å². The minimum absolute atomic E-state index is 0.0671. The zero-order valence-electron chi connectivity index (χ0n) is 19.5. The average Bonchev–Trinajstić information content (AvgIpc) is 3.53. The van der Waals surface area contributed by atoms with Crippen molar-refractivity contribution in [1.82, 2.24) is 25.5 Å².